The number of aliphatic hydroxyl groups is 3. The second-order valence-electron chi connectivity index (χ2n) is 9.26. The second-order valence-corrected chi connectivity index (χ2v) is 9.26. The molecule has 1 fully saturated rings. The Balaban J connectivity index is 1.50. The zero-order valence-electron chi connectivity index (χ0n) is 18.7. The van der Waals surface area contributed by atoms with Crippen LogP contribution in [0.15, 0.2) is 12.1 Å². The van der Waals surface area contributed by atoms with Gasteiger partial charge in [0.25, 0.3) is 0 Å². The molecule has 1 aliphatic heterocycles. The monoisotopic (exact) mass is 456 g/mol. The van der Waals surface area contributed by atoms with Gasteiger partial charge in [0.1, 0.15) is 5.82 Å². The first-order valence-corrected chi connectivity index (χ1v) is 11.5. The number of carbonyl (C=O) groups excluding carboxylic acids is 1. The highest BCUT2D eigenvalue weighted by molar-refractivity contribution is 5.68. The molecule has 0 saturated heterocycles. The molecule has 0 radical (unpaired) electrons. The summed E-state index contributed by atoms with van der Waals surface area (Å²) >= 11 is 0. The van der Waals surface area contributed by atoms with E-state index in [2.05, 4.69) is 4.74 Å². The zero-order valence-corrected chi connectivity index (χ0v) is 18.7. The van der Waals surface area contributed by atoms with Crippen molar-refractivity contribution in [3.05, 3.63) is 29.3 Å². The van der Waals surface area contributed by atoms with E-state index in [-0.39, 0.29) is 35.5 Å². The van der Waals surface area contributed by atoms with Gasteiger partial charge in [-0.25, -0.2) is 8.78 Å². The molecule has 32 heavy (non-hydrogen) atoms. The van der Waals surface area contributed by atoms with Gasteiger partial charge in [0.15, 0.2) is 17.2 Å². The minimum Gasteiger partial charge on any atom is -0.476 e. The molecule has 3 rings (SSSR count). The van der Waals surface area contributed by atoms with Gasteiger partial charge in [-0.2, -0.15) is 0 Å². The van der Waals surface area contributed by atoms with Crippen LogP contribution in [0.5, 0.6) is 5.75 Å². The molecule has 6 nitrogen and oxygen atoms in total. The summed E-state index contributed by atoms with van der Waals surface area (Å²) in [7, 11) is 1.37. The Labute approximate surface area is 187 Å². The lowest BCUT2D eigenvalue weighted by molar-refractivity contribution is -0.140. The number of methoxy groups -OCH3 is 1. The van der Waals surface area contributed by atoms with Crippen molar-refractivity contribution in [2.45, 2.75) is 88.6 Å². The zero-order chi connectivity index (χ0) is 23.5. The smallest absolute Gasteiger partial charge is 0.305 e. The summed E-state index contributed by atoms with van der Waals surface area (Å²) in [6, 6.07) is 2.02. The van der Waals surface area contributed by atoms with Crippen LogP contribution in [-0.4, -0.2) is 46.7 Å². The third-order valence-electron chi connectivity index (χ3n) is 7.20. The van der Waals surface area contributed by atoms with Crippen molar-refractivity contribution >= 4 is 5.97 Å². The highest BCUT2D eigenvalue weighted by Crippen LogP contribution is 2.50. The molecule has 3 unspecified atom stereocenters. The SMILES string of the molecule is COC(=O)CCCCCCC1[C@@H](CCC(O)C2(C)Oc3c(F)ccc(F)c32)[C@H](O)C[C@@H]1O. The van der Waals surface area contributed by atoms with Crippen molar-refractivity contribution in [1.82, 2.24) is 0 Å². The highest BCUT2D eigenvalue weighted by Gasteiger charge is 2.51. The van der Waals surface area contributed by atoms with Gasteiger partial charge in [-0.3, -0.25) is 4.79 Å². The van der Waals surface area contributed by atoms with Gasteiger partial charge in [0, 0.05) is 6.42 Å². The van der Waals surface area contributed by atoms with Crippen molar-refractivity contribution in [3.8, 4) is 5.75 Å². The Hall–Kier alpha value is -1.77. The molecule has 1 aromatic carbocycles. The molecule has 1 saturated carbocycles. The maximum atomic E-state index is 14.2. The number of unbranched alkanes of at least 4 members (excludes halogenated alkanes) is 3. The maximum absolute atomic E-state index is 14.2. The first-order chi connectivity index (χ1) is 15.2. The lowest BCUT2D eigenvalue weighted by Crippen LogP contribution is -2.50. The first kappa shape index (κ1) is 24.9. The molecule has 0 spiro atoms. The van der Waals surface area contributed by atoms with E-state index in [4.69, 9.17) is 4.74 Å². The molecule has 0 amide bonds. The molecule has 1 aliphatic carbocycles. The van der Waals surface area contributed by atoms with Crippen LogP contribution < -0.4 is 4.74 Å². The quantitative estimate of drug-likeness (QED) is 0.348. The normalized spacial score (nSPS) is 29.7. The van der Waals surface area contributed by atoms with E-state index in [1.165, 1.54) is 14.0 Å². The third kappa shape index (κ3) is 5.07. The van der Waals surface area contributed by atoms with E-state index >= 15 is 0 Å². The van der Waals surface area contributed by atoms with Crippen molar-refractivity contribution < 1.29 is 38.4 Å². The van der Waals surface area contributed by atoms with Gasteiger partial charge < -0.3 is 24.8 Å². The van der Waals surface area contributed by atoms with Crippen LogP contribution >= 0.6 is 0 Å². The van der Waals surface area contributed by atoms with Crippen LogP contribution in [0.1, 0.15) is 70.3 Å². The molecular formula is C24H34F2O6. The fourth-order valence-electron chi connectivity index (χ4n) is 5.26. The van der Waals surface area contributed by atoms with Crippen LogP contribution in [0.25, 0.3) is 0 Å². The summed E-state index contributed by atoms with van der Waals surface area (Å²) in [5.41, 5.74) is -1.29. The number of benzene rings is 1. The Bertz CT molecular complexity index is 803. The first-order valence-electron chi connectivity index (χ1n) is 11.5. The van der Waals surface area contributed by atoms with E-state index in [1.54, 1.807) is 0 Å². The highest BCUT2D eigenvalue weighted by atomic mass is 19.1. The Kier molecular flexibility index (Phi) is 8.11. The number of hydrogen-bond donors (Lipinski definition) is 3. The lowest BCUT2D eigenvalue weighted by Gasteiger charge is -2.45. The number of hydrogen-bond acceptors (Lipinski definition) is 6. The standard InChI is InChI=1S/C24H34F2O6/c1-24(22-16(25)10-11-17(26)23(22)32-24)20(29)12-9-15-14(18(27)13-19(15)28)7-5-3-4-6-8-21(30)31-2/h10-11,14-15,18-20,27-29H,3-9,12-13H2,1-2H3/t14?,15-,18+,19-,20?,24?/m1/s1. The number of aliphatic hydroxyl groups excluding tert-OH is 3. The van der Waals surface area contributed by atoms with E-state index in [9.17, 15) is 28.9 Å². The van der Waals surface area contributed by atoms with Gasteiger partial charge in [-0.15, -0.1) is 0 Å². The summed E-state index contributed by atoms with van der Waals surface area (Å²) < 4.78 is 38.1. The molecular weight excluding hydrogens is 422 g/mol. The van der Waals surface area contributed by atoms with Crippen LogP contribution in [0.3, 0.4) is 0 Å². The second kappa shape index (κ2) is 10.4. The predicted molar refractivity (Wildman–Crippen MR) is 113 cm³/mol. The largest absolute Gasteiger partial charge is 0.476 e. The minimum atomic E-state index is -1.33. The molecule has 0 bridgehead atoms. The van der Waals surface area contributed by atoms with Crippen molar-refractivity contribution in [3.63, 3.8) is 0 Å². The summed E-state index contributed by atoms with van der Waals surface area (Å²) in [4.78, 5) is 11.2. The van der Waals surface area contributed by atoms with Crippen LogP contribution in [-0.2, 0) is 15.1 Å². The van der Waals surface area contributed by atoms with E-state index < -0.39 is 35.5 Å². The fourth-order valence-corrected chi connectivity index (χ4v) is 5.26. The van der Waals surface area contributed by atoms with Gasteiger partial charge in [0.2, 0.25) is 0 Å². The molecule has 1 heterocycles. The fraction of sp³-hybridized carbons (Fsp3) is 0.708. The van der Waals surface area contributed by atoms with E-state index in [0.29, 0.717) is 19.3 Å². The molecule has 6 atom stereocenters. The average molecular weight is 457 g/mol. The Morgan fingerprint density at radius 1 is 1.12 bits per heavy atom. The number of carbonyl (C=O) groups is 1. The van der Waals surface area contributed by atoms with Crippen molar-refractivity contribution in [2.75, 3.05) is 7.11 Å². The third-order valence-corrected chi connectivity index (χ3v) is 7.20. The predicted octanol–water partition coefficient (Wildman–Crippen LogP) is 3.59. The van der Waals surface area contributed by atoms with Crippen molar-refractivity contribution in [2.24, 2.45) is 11.8 Å². The molecule has 0 aromatic heterocycles. The topological polar surface area (TPSA) is 96.2 Å². The summed E-state index contributed by atoms with van der Waals surface area (Å²) in [6.07, 6.45) is 3.20. The summed E-state index contributed by atoms with van der Waals surface area (Å²) in [5.74, 6) is -1.92. The van der Waals surface area contributed by atoms with E-state index in [0.717, 1.165) is 44.2 Å². The molecule has 2 aliphatic rings. The van der Waals surface area contributed by atoms with Crippen LogP contribution in [0.2, 0.25) is 0 Å². The molecule has 180 valence electrons. The summed E-state index contributed by atoms with van der Waals surface area (Å²) in [6.45, 7) is 1.54. The number of esters is 1. The van der Waals surface area contributed by atoms with E-state index in [1.807, 2.05) is 0 Å². The maximum Gasteiger partial charge on any atom is 0.305 e. The Morgan fingerprint density at radius 3 is 2.44 bits per heavy atom. The van der Waals surface area contributed by atoms with Gasteiger partial charge >= 0.3 is 5.97 Å². The van der Waals surface area contributed by atoms with Crippen LogP contribution in [0, 0.1) is 23.5 Å². The lowest BCUT2D eigenvalue weighted by atomic mass is 9.79. The van der Waals surface area contributed by atoms with Gasteiger partial charge in [-0.1, -0.05) is 19.3 Å². The molecule has 8 heteroatoms. The summed E-state index contributed by atoms with van der Waals surface area (Å²) in [5, 5.41) is 31.6. The van der Waals surface area contributed by atoms with Gasteiger partial charge in [-0.05, 0) is 63.0 Å². The van der Waals surface area contributed by atoms with Gasteiger partial charge in [0.05, 0.1) is 31.0 Å². The number of rotatable bonds is 11. The Morgan fingerprint density at radius 2 is 1.75 bits per heavy atom. The number of ether oxygens (including phenoxy) is 2. The minimum absolute atomic E-state index is 0.0421. The number of halogens is 2. The van der Waals surface area contributed by atoms with Crippen molar-refractivity contribution in [1.29, 1.82) is 0 Å². The average Bonchev–Trinajstić information content (AvgIpc) is 3.01. The number of fused-ring (bicyclic) bond motifs is 1. The molecule has 3 N–H and O–H groups in total. The van der Waals surface area contributed by atoms with Crippen LogP contribution in [0.4, 0.5) is 8.78 Å². The molecule has 1 aromatic rings.